The molecule has 0 spiro atoms. The summed E-state index contributed by atoms with van der Waals surface area (Å²) in [7, 11) is 0. The summed E-state index contributed by atoms with van der Waals surface area (Å²) in [4.78, 5) is 10.5. The van der Waals surface area contributed by atoms with E-state index in [1.165, 1.54) is 29.7 Å². The van der Waals surface area contributed by atoms with E-state index in [0.29, 0.717) is 0 Å². The van der Waals surface area contributed by atoms with Crippen molar-refractivity contribution < 1.29 is 9.90 Å². The SMILES string of the molecule is O=C(O)CCCc1cccc2c1CCCCN2. The van der Waals surface area contributed by atoms with E-state index in [-0.39, 0.29) is 6.42 Å². The maximum Gasteiger partial charge on any atom is 0.303 e. The molecule has 1 aromatic carbocycles. The minimum Gasteiger partial charge on any atom is -0.481 e. The molecule has 3 heteroatoms. The quantitative estimate of drug-likeness (QED) is 0.840. The monoisotopic (exact) mass is 233 g/mol. The van der Waals surface area contributed by atoms with E-state index in [1.54, 1.807) is 0 Å². The standard InChI is InChI=1S/C14H19NO2/c16-14(17)9-4-6-11-5-3-8-13-12(11)7-1-2-10-15-13/h3,5,8,15H,1-2,4,6-7,9-10H2,(H,16,17). The summed E-state index contributed by atoms with van der Waals surface area (Å²) in [5.74, 6) is -0.704. The van der Waals surface area contributed by atoms with Gasteiger partial charge in [0.15, 0.2) is 0 Å². The van der Waals surface area contributed by atoms with Gasteiger partial charge in [-0.3, -0.25) is 4.79 Å². The highest BCUT2D eigenvalue weighted by Gasteiger charge is 2.11. The lowest BCUT2D eigenvalue weighted by atomic mass is 9.97. The molecule has 0 unspecified atom stereocenters. The van der Waals surface area contributed by atoms with Gasteiger partial charge < -0.3 is 10.4 Å². The number of carboxylic acids is 1. The number of carboxylic acid groups (broad SMARTS) is 1. The van der Waals surface area contributed by atoms with Crippen molar-refractivity contribution in [1.29, 1.82) is 0 Å². The van der Waals surface area contributed by atoms with Crippen molar-refractivity contribution in [2.75, 3.05) is 11.9 Å². The first kappa shape index (κ1) is 12.0. The number of fused-ring (bicyclic) bond motifs is 1. The third-order valence-electron chi connectivity index (χ3n) is 3.28. The molecule has 2 N–H and O–H groups in total. The molecule has 2 rings (SSSR count). The van der Waals surface area contributed by atoms with Gasteiger partial charge in [-0.2, -0.15) is 0 Å². The van der Waals surface area contributed by atoms with Gasteiger partial charge in [0, 0.05) is 18.7 Å². The Kier molecular flexibility index (Phi) is 4.02. The van der Waals surface area contributed by atoms with Crippen molar-refractivity contribution >= 4 is 11.7 Å². The molecule has 0 atom stereocenters. The predicted octanol–water partition coefficient (Wildman–Crippen LogP) is 2.84. The van der Waals surface area contributed by atoms with Crippen LogP contribution in [0.15, 0.2) is 18.2 Å². The molecule has 0 aliphatic carbocycles. The summed E-state index contributed by atoms with van der Waals surface area (Å²) in [6.45, 7) is 1.05. The molecule has 1 aliphatic heterocycles. The average molecular weight is 233 g/mol. The van der Waals surface area contributed by atoms with Gasteiger partial charge in [0.05, 0.1) is 0 Å². The van der Waals surface area contributed by atoms with E-state index in [4.69, 9.17) is 5.11 Å². The van der Waals surface area contributed by atoms with Crippen molar-refractivity contribution in [3.63, 3.8) is 0 Å². The van der Waals surface area contributed by atoms with Gasteiger partial charge in [-0.1, -0.05) is 12.1 Å². The summed E-state index contributed by atoms with van der Waals surface area (Å²) in [6.07, 6.45) is 5.41. The number of carbonyl (C=O) groups is 1. The van der Waals surface area contributed by atoms with Crippen molar-refractivity contribution in [2.45, 2.75) is 38.5 Å². The fourth-order valence-corrected chi connectivity index (χ4v) is 2.41. The predicted molar refractivity (Wildman–Crippen MR) is 68.4 cm³/mol. The highest BCUT2D eigenvalue weighted by molar-refractivity contribution is 5.66. The Labute approximate surface area is 102 Å². The number of benzene rings is 1. The molecule has 0 radical (unpaired) electrons. The first-order valence-electron chi connectivity index (χ1n) is 6.34. The Bertz CT molecular complexity index is 401. The van der Waals surface area contributed by atoms with Crippen LogP contribution in [0.4, 0.5) is 5.69 Å². The van der Waals surface area contributed by atoms with Gasteiger partial charge >= 0.3 is 5.97 Å². The molecule has 1 aliphatic rings. The van der Waals surface area contributed by atoms with E-state index in [0.717, 1.165) is 25.8 Å². The van der Waals surface area contributed by atoms with E-state index in [9.17, 15) is 4.79 Å². The topological polar surface area (TPSA) is 49.3 Å². The summed E-state index contributed by atoms with van der Waals surface area (Å²) in [6, 6.07) is 6.32. The van der Waals surface area contributed by atoms with Crippen molar-refractivity contribution in [3.05, 3.63) is 29.3 Å². The zero-order valence-electron chi connectivity index (χ0n) is 10.0. The Morgan fingerprint density at radius 3 is 3.06 bits per heavy atom. The van der Waals surface area contributed by atoms with Crippen LogP contribution in [0, 0.1) is 0 Å². The molecule has 1 heterocycles. The summed E-state index contributed by atoms with van der Waals surface area (Å²) >= 11 is 0. The number of hydrogen-bond acceptors (Lipinski definition) is 2. The Morgan fingerprint density at radius 1 is 1.35 bits per heavy atom. The summed E-state index contributed by atoms with van der Waals surface area (Å²) in [5, 5.41) is 12.1. The lowest BCUT2D eigenvalue weighted by Crippen LogP contribution is -2.02. The van der Waals surface area contributed by atoms with Crippen LogP contribution in [-0.4, -0.2) is 17.6 Å². The van der Waals surface area contributed by atoms with Gasteiger partial charge in [-0.25, -0.2) is 0 Å². The molecule has 0 amide bonds. The van der Waals surface area contributed by atoms with Crippen molar-refractivity contribution in [1.82, 2.24) is 0 Å². The normalized spacial score (nSPS) is 14.6. The molecule has 0 aromatic heterocycles. The van der Waals surface area contributed by atoms with Crippen LogP contribution in [0.2, 0.25) is 0 Å². The molecule has 1 aromatic rings. The van der Waals surface area contributed by atoms with Gasteiger partial charge in [0.25, 0.3) is 0 Å². The van der Waals surface area contributed by atoms with Gasteiger partial charge in [-0.15, -0.1) is 0 Å². The fraction of sp³-hybridized carbons (Fsp3) is 0.500. The number of nitrogens with one attached hydrogen (secondary N) is 1. The molecule has 3 nitrogen and oxygen atoms in total. The third kappa shape index (κ3) is 3.22. The van der Waals surface area contributed by atoms with Gasteiger partial charge in [0.2, 0.25) is 0 Å². The van der Waals surface area contributed by atoms with Crippen molar-refractivity contribution in [3.8, 4) is 0 Å². The zero-order valence-corrected chi connectivity index (χ0v) is 10.0. The van der Waals surface area contributed by atoms with E-state index >= 15 is 0 Å². The number of aryl methyl sites for hydroxylation is 1. The minimum absolute atomic E-state index is 0.261. The van der Waals surface area contributed by atoms with E-state index in [2.05, 4.69) is 23.5 Å². The summed E-state index contributed by atoms with van der Waals surface area (Å²) in [5.41, 5.74) is 3.96. The first-order chi connectivity index (χ1) is 8.27. The molecule has 92 valence electrons. The number of hydrogen-bond donors (Lipinski definition) is 2. The Balaban J connectivity index is 2.08. The largest absolute Gasteiger partial charge is 0.481 e. The molecule has 0 saturated heterocycles. The minimum atomic E-state index is -0.704. The first-order valence-corrected chi connectivity index (χ1v) is 6.34. The molecule has 17 heavy (non-hydrogen) atoms. The third-order valence-corrected chi connectivity index (χ3v) is 3.28. The zero-order chi connectivity index (χ0) is 12.1. The van der Waals surface area contributed by atoms with Gasteiger partial charge in [0.1, 0.15) is 0 Å². The second-order valence-electron chi connectivity index (χ2n) is 4.57. The molecule has 0 fully saturated rings. The van der Waals surface area contributed by atoms with Crippen LogP contribution in [0.3, 0.4) is 0 Å². The van der Waals surface area contributed by atoms with Crippen LogP contribution in [0.25, 0.3) is 0 Å². The lowest BCUT2D eigenvalue weighted by Gasteiger charge is -2.12. The smallest absolute Gasteiger partial charge is 0.303 e. The second-order valence-corrected chi connectivity index (χ2v) is 4.57. The van der Waals surface area contributed by atoms with Crippen LogP contribution in [-0.2, 0) is 17.6 Å². The maximum absolute atomic E-state index is 10.5. The van der Waals surface area contributed by atoms with E-state index < -0.39 is 5.97 Å². The van der Waals surface area contributed by atoms with Crippen molar-refractivity contribution in [2.24, 2.45) is 0 Å². The lowest BCUT2D eigenvalue weighted by molar-refractivity contribution is -0.137. The fourth-order valence-electron chi connectivity index (χ4n) is 2.41. The Morgan fingerprint density at radius 2 is 2.24 bits per heavy atom. The molecular formula is C14H19NO2. The Hall–Kier alpha value is -1.51. The van der Waals surface area contributed by atoms with Crippen LogP contribution in [0.1, 0.15) is 36.8 Å². The van der Waals surface area contributed by atoms with Crippen LogP contribution < -0.4 is 5.32 Å². The van der Waals surface area contributed by atoms with E-state index in [1.807, 2.05) is 0 Å². The second kappa shape index (κ2) is 5.71. The number of aliphatic carboxylic acids is 1. The highest BCUT2D eigenvalue weighted by atomic mass is 16.4. The van der Waals surface area contributed by atoms with Crippen LogP contribution in [0.5, 0.6) is 0 Å². The summed E-state index contributed by atoms with van der Waals surface area (Å²) < 4.78 is 0. The molecular weight excluding hydrogens is 214 g/mol. The average Bonchev–Trinajstić information content (AvgIpc) is 2.54. The molecule has 0 bridgehead atoms. The maximum atomic E-state index is 10.5. The highest BCUT2D eigenvalue weighted by Crippen LogP contribution is 2.26. The number of rotatable bonds is 4. The van der Waals surface area contributed by atoms with Gasteiger partial charge in [-0.05, 0) is 49.3 Å². The number of anilines is 1. The molecule has 0 saturated carbocycles. The van der Waals surface area contributed by atoms with Crippen LogP contribution >= 0.6 is 0 Å².